The number of rotatable bonds is 3. The average molecular weight is 309 g/mol. The Morgan fingerprint density at radius 3 is 3.04 bits per heavy atom. The molecule has 1 atom stereocenters. The lowest BCUT2D eigenvalue weighted by molar-refractivity contribution is 0.0408. The van der Waals surface area contributed by atoms with Crippen LogP contribution in [0.1, 0.15) is 12.1 Å². The first-order chi connectivity index (χ1) is 11.2. The van der Waals surface area contributed by atoms with Crippen molar-refractivity contribution in [2.45, 2.75) is 18.6 Å². The number of nitriles is 1. The van der Waals surface area contributed by atoms with E-state index < -0.39 is 5.60 Å². The van der Waals surface area contributed by atoms with Crippen LogP contribution in [0, 0.1) is 11.3 Å². The van der Waals surface area contributed by atoms with Gasteiger partial charge in [-0.3, -0.25) is 4.40 Å². The minimum absolute atomic E-state index is 0.374. The van der Waals surface area contributed by atoms with Crippen LogP contribution in [-0.4, -0.2) is 48.2 Å². The number of imidazole rings is 1. The maximum Gasteiger partial charge on any atom is 0.169 e. The van der Waals surface area contributed by atoms with E-state index in [9.17, 15) is 10.4 Å². The summed E-state index contributed by atoms with van der Waals surface area (Å²) in [5.41, 5.74) is 0.312. The van der Waals surface area contributed by atoms with Crippen LogP contribution < -0.4 is 4.90 Å². The normalized spacial score (nSPS) is 21.0. The fourth-order valence-electron chi connectivity index (χ4n) is 3.09. The second kappa shape index (κ2) is 5.07. The number of pyridine rings is 1. The van der Waals surface area contributed by atoms with Gasteiger partial charge in [0.2, 0.25) is 0 Å². The van der Waals surface area contributed by atoms with Gasteiger partial charge in [-0.15, -0.1) is 5.10 Å². The van der Waals surface area contributed by atoms with Gasteiger partial charge in [-0.1, -0.05) is 11.3 Å². The molecule has 0 aliphatic carbocycles. The molecule has 1 aliphatic heterocycles. The molecule has 1 fully saturated rings. The lowest BCUT2D eigenvalue weighted by Crippen LogP contribution is -2.38. The Kier molecular flexibility index (Phi) is 3.02. The molecule has 8 nitrogen and oxygen atoms in total. The molecule has 0 saturated carbocycles. The van der Waals surface area contributed by atoms with Gasteiger partial charge >= 0.3 is 0 Å². The number of β-amino-alcohol motifs (C(OH)–C–C–N with tert-alkyl or cyclic N) is 1. The Morgan fingerprint density at radius 1 is 1.35 bits per heavy atom. The Bertz CT molecular complexity index is 879. The topological polar surface area (TPSA) is 95.3 Å². The molecular formula is C15H15N7O. The van der Waals surface area contributed by atoms with Crippen molar-refractivity contribution in [1.29, 1.82) is 5.26 Å². The standard InChI is InChI=1S/C15H15N7O/c16-9-12-14(18-13-3-1-2-6-22(12)13)20-7-4-15(23,10-20)11-21-8-5-17-19-21/h1-3,5-6,8,23H,4,7,10-11H2. The largest absolute Gasteiger partial charge is 0.386 e. The van der Waals surface area contributed by atoms with Crippen molar-refractivity contribution in [3.63, 3.8) is 0 Å². The third-order valence-electron chi connectivity index (χ3n) is 4.18. The van der Waals surface area contributed by atoms with Crippen molar-refractivity contribution < 1.29 is 5.11 Å². The molecular weight excluding hydrogens is 294 g/mol. The Balaban J connectivity index is 1.64. The molecule has 0 aromatic carbocycles. The van der Waals surface area contributed by atoms with E-state index in [-0.39, 0.29) is 0 Å². The highest BCUT2D eigenvalue weighted by Gasteiger charge is 2.38. The summed E-state index contributed by atoms with van der Waals surface area (Å²) in [6.45, 7) is 1.42. The Labute approximate surface area is 132 Å². The molecule has 8 heteroatoms. The summed E-state index contributed by atoms with van der Waals surface area (Å²) in [5, 5.41) is 27.9. The van der Waals surface area contributed by atoms with E-state index in [1.54, 1.807) is 21.5 Å². The van der Waals surface area contributed by atoms with Crippen molar-refractivity contribution >= 4 is 11.5 Å². The molecule has 0 radical (unpaired) electrons. The maximum atomic E-state index is 10.8. The number of nitrogens with zero attached hydrogens (tertiary/aromatic N) is 7. The summed E-state index contributed by atoms with van der Waals surface area (Å²) < 4.78 is 3.39. The maximum absolute atomic E-state index is 10.8. The van der Waals surface area contributed by atoms with Crippen LogP contribution in [0.5, 0.6) is 0 Å². The predicted molar refractivity (Wildman–Crippen MR) is 81.7 cm³/mol. The zero-order chi connectivity index (χ0) is 15.9. The first-order valence-corrected chi connectivity index (χ1v) is 7.37. The molecule has 0 bridgehead atoms. The molecule has 4 rings (SSSR count). The third-order valence-corrected chi connectivity index (χ3v) is 4.18. The first-order valence-electron chi connectivity index (χ1n) is 7.37. The van der Waals surface area contributed by atoms with E-state index in [1.807, 2.05) is 29.3 Å². The van der Waals surface area contributed by atoms with Crippen LogP contribution in [0.4, 0.5) is 5.82 Å². The van der Waals surface area contributed by atoms with Gasteiger partial charge in [0.25, 0.3) is 0 Å². The molecule has 3 aromatic rings. The Morgan fingerprint density at radius 2 is 2.26 bits per heavy atom. The number of hydrogen-bond acceptors (Lipinski definition) is 6. The molecule has 1 N–H and O–H groups in total. The van der Waals surface area contributed by atoms with Gasteiger partial charge in [0.1, 0.15) is 17.3 Å². The van der Waals surface area contributed by atoms with Crippen molar-refractivity contribution in [1.82, 2.24) is 24.4 Å². The van der Waals surface area contributed by atoms with Gasteiger partial charge in [0.05, 0.1) is 19.3 Å². The molecule has 116 valence electrons. The van der Waals surface area contributed by atoms with E-state index in [4.69, 9.17) is 0 Å². The molecule has 1 aliphatic rings. The van der Waals surface area contributed by atoms with Gasteiger partial charge in [0, 0.05) is 18.9 Å². The molecule has 4 heterocycles. The summed E-state index contributed by atoms with van der Waals surface area (Å²) in [6.07, 6.45) is 5.73. The highest BCUT2D eigenvalue weighted by atomic mass is 16.3. The van der Waals surface area contributed by atoms with E-state index in [0.717, 1.165) is 5.65 Å². The fraction of sp³-hybridized carbons (Fsp3) is 0.333. The molecule has 1 unspecified atom stereocenters. The smallest absolute Gasteiger partial charge is 0.169 e. The minimum atomic E-state index is -0.907. The summed E-state index contributed by atoms with van der Waals surface area (Å²) in [7, 11) is 0. The summed E-state index contributed by atoms with van der Waals surface area (Å²) in [5.74, 6) is 0.619. The van der Waals surface area contributed by atoms with Crippen molar-refractivity contribution in [2.24, 2.45) is 0 Å². The van der Waals surface area contributed by atoms with E-state index in [1.165, 1.54) is 0 Å². The quantitative estimate of drug-likeness (QED) is 0.754. The van der Waals surface area contributed by atoms with Gasteiger partial charge in [-0.2, -0.15) is 5.26 Å². The van der Waals surface area contributed by atoms with E-state index >= 15 is 0 Å². The van der Waals surface area contributed by atoms with Gasteiger partial charge in [-0.25, -0.2) is 9.67 Å². The summed E-state index contributed by atoms with van der Waals surface area (Å²) >= 11 is 0. The highest BCUT2D eigenvalue weighted by Crippen LogP contribution is 2.30. The highest BCUT2D eigenvalue weighted by molar-refractivity contribution is 5.61. The predicted octanol–water partition coefficient (Wildman–Crippen LogP) is 0.439. The summed E-state index contributed by atoms with van der Waals surface area (Å²) in [4.78, 5) is 6.51. The van der Waals surface area contributed by atoms with Crippen LogP contribution >= 0.6 is 0 Å². The molecule has 3 aromatic heterocycles. The monoisotopic (exact) mass is 309 g/mol. The van der Waals surface area contributed by atoms with Gasteiger partial charge in [0.15, 0.2) is 11.5 Å². The molecule has 23 heavy (non-hydrogen) atoms. The number of anilines is 1. The molecule has 0 spiro atoms. The van der Waals surface area contributed by atoms with Gasteiger partial charge < -0.3 is 10.0 Å². The van der Waals surface area contributed by atoms with Crippen LogP contribution in [-0.2, 0) is 6.54 Å². The number of aliphatic hydroxyl groups is 1. The third kappa shape index (κ3) is 2.31. The minimum Gasteiger partial charge on any atom is -0.386 e. The fourth-order valence-corrected chi connectivity index (χ4v) is 3.09. The van der Waals surface area contributed by atoms with Crippen LogP contribution in [0.25, 0.3) is 5.65 Å². The second-order valence-electron chi connectivity index (χ2n) is 5.82. The average Bonchev–Trinajstić information content (AvgIpc) is 3.25. The van der Waals surface area contributed by atoms with Crippen LogP contribution in [0.3, 0.4) is 0 Å². The molecule has 0 amide bonds. The van der Waals surface area contributed by atoms with Crippen LogP contribution in [0.15, 0.2) is 36.8 Å². The zero-order valence-corrected chi connectivity index (χ0v) is 12.4. The Hall–Kier alpha value is -2.92. The number of fused-ring (bicyclic) bond motifs is 1. The number of hydrogen-bond donors (Lipinski definition) is 1. The van der Waals surface area contributed by atoms with Crippen LogP contribution in [0.2, 0.25) is 0 Å². The van der Waals surface area contributed by atoms with E-state index in [0.29, 0.717) is 37.6 Å². The van der Waals surface area contributed by atoms with Crippen molar-refractivity contribution in [3.8, 4) is 6.07 Å². The van der Waals surface area contributed by atoms with E-state index in [2.05, 4.69) is 21.4 Å². The second-order valence-corrected chi connectivity index (χ2v) is 5.82. The zero-order valence-electron chi connectivity index (χ0n) is 12.4. The lowest BCUT2D eigenvalue weighted by atomic mass is 10.0. The number of aromatic nitrogens is 5. The first kappa shape index (κ1) is 13.7. The van der Waals surface area contributed by atoms with Gasteiger partial charge in [-0.05, 0) is 18.6 Å². The van der Waals surface area contributed by atoms with Crippen molar-refractivity contribution in [3.05, 3.63) is 42.5 Å². The summed E-state index contributed by atoms with van der Waals surface area (Å²) in [6, 6.07) is 7.83. The lowest BCUT2D eigenvalue weighted by Gasteiger charge is -2.23. The molecule has 1 saturated heterocycles. The SMILES string of the molecule is N#Cc1c(N2CCC(O)(Cn3ccnn3)C2)nc2ccccn12. The van der Waals surface area contributed by atoms with Crippen molar-refractivity contribution in [2.75, 3.05) is 18.0 Å².